The van der Waals surface area contributed by atoms with Crippen LogP contribution < -0.4 is 9.64 Å². The van der Waals surface area contributed by atoms with E-state index in [4.69, 9.17) is 16.3 Å². The zero-order valence-electron chi connectivity index (χ0n) is 14.7. The highest BCUT2D eigenvalue weighted by Crippen LogP contribution is 2.30. The minimum atomic E-state index is 0.726. The van der Waals surface area contributed by atoms with Crippen LogP contribution in [0.2, 0.25) is 5.02 Å². The van der Waals surface area contributed by atoms with Gasteiger partial charge in [-0.2, -0.15) is 0 Å². The minimum Gasteiger partial charge on any atom is -0.495 e. The predicted molar refractivity (Wildman–Crippen MR) is 110 cm³/mol. The number of aromatic nitrogens is 1. The van der Waals surface area contributed by atoms with Gasteiger partial charge in [-0.15, -0.1) is 11.3 Å². The molecule has 0 N–H and O–H groups in total. The number of rotatable bonds is 5. The summed E-state index contributed by atoms with van der Waals surface area (Å²) in [6, 6.07) is 14.2. The number of benzene rings is 2. The number of para-hydroxylation sites is 3. The number of anilines is 1. The SMILES string of the molecule is COc1ccccc1N1CCN(C[CH]c2nc3c(Cl)cccc3s2)CC1. The van der Waals surface area contributed by atoms with Gasteiger partial charge >= 0.3 is 0 Å². The third kappa shape index (κ3) is 3.65. The van der Waals surface area contributed by atoms with E-state index in [-0.39, 0.29) is 0 Å². The molecule has 0 unspecified atom stereocenters. The smallest absolute Gasteiger partial charge is 0.142 e. The lowest BCUT2D eigenvalue weighted by Gasteiger charge is -2.36. The van der Waals surface area contributed by atoms with Crippen molar-refractivity contribution in [2.24, 2.45) is 0 Å². The highest BCUT2D eigenvalue weighted by atomic mass is 35.5. The second-order valence-corrected chi connectivity index (χ2v) is 7.77. The van der Waals surface area contributed by atoms with Gasteiger partial charge in [0, 0.05) is 39.1 Å². The monoisotopic (exact) mass is 386 g/mol. The van der Waals surface area contributed by atoms with Crippen LogP contribution in [-0.2, 0) is 0 Å². The maximum Gasteiger partial charge on any atom is 0.142 e. The van der Waals surface area contributed by atoms with Crippen molar-refractivity contribution in [2.75, 3.05) is 44.7 Å². The molecule has 0 atom stereocenters. The van der Waals surface area contributed by atoms with E-state index in [0.717, 1.165) is 58.7 Å². The molecule has 1 aliphatic heterocycles. The van der Waals surface area contributed by atoms with Crippen LogP contribution in [0.15, 0.2) is 42.5 Å². The average Bonchev–Trinajstić information content (AvgIpc) is 3.11. The molecule has 2 aromatic carbocycles. The second-order valence-electron chi connectivity index (χ2n) is 6.30. The zero-order chi connectivity index (χ0) is 17.9. The van der Waals surface area contributed by atoms with E-state index in [9.17, 15) is 0 Å². The molecule has 135 valence electrons. The lowest BCUT2D eigenvalue weighted by molar-refractivity contribution is 0.277. The van der Waals surface area contributed by atoms with Crippen LogP contribution in [-0.4, -0.2) is 49.7 Å². The Morgan fingerprint density at radius 1 is 1.12 bits per heavy atom. The number of nitrogens with zero attached hydrogens (tertiary/aromatic N) is 3. The molecule has 1 aromatic heterocycles. The molecule has 0 amide bonds. The first-order valence-electron chi connectivity index (χ1n) is 8.73. The van der Waals surface area contributed by atoms with E-state index in [1.165, 1.54) is 5.69 Å². The molecule has 4 rings (SSSR count). The largest absolute Gasteiger partial charge is 0.495 e. The summed E-state index contributed by atoms with van der Waals surface area (Å²) in [5, 5.41) is 1.77. The highest BCUT2D eigenvalue weighted by molar-refractivity contribution is 7.18. The van der Waals surface area contributed by atoms with Crippen molar-refractivity contribution in [1.82, 2.24) is 9.88 Å². The van der Waals surface area contributed by atoms with Gasteiger partial charge in [-0.3, -0.25) is 4.90 Å². The maximum absolute atomic E-state index is 6.22. The molecule has 0 aliphatic carbocycles. The van der Waals surface area contributed by atoms with Crippen molar-refractivity contribution in [1.29, 1.82) is 0 Å². The van der Waals surface area contributed by atoms with Gasteiger partial charge in [-0.25, -0.2) is 4.98 Å². The van der Waals surface area contributed by atoms with E-state index in [0.29, 0.717) is 0 Å². The summed E-state index contributed by atoms with van der Waals surface area (Å²) in [7, 11) is 1.73. The zero-order valence-corrected chi connectivity index (χ0v) is 16.3. The molecule has 1 aliphatic rings. The van der Waals surface area contributed by atoms with E-state index in [2.05, 4.69) is 39.4 Å². The van der Waals surface area contributed by atoms with Gasteiger partial charge in [0.1, 0.15) is 11.3 Å². The minimum absolute atomic E-state index is 0.726. The van der Waals surface area contributed by atoms with Gasteiger partial charge in [0.05, 0.1) is 27.5 Å². The van der Waals surface area contributed by atoms with E-state index >= 15 is 0 Å². The Morgan fingerprint density at radius 3 is 2.69 bits per heavy atom. The van der Waals surface area contributed by atoms with E-state index in [1.807, 2.05) is 24.3 Å². The van der Waals surface area contributed by atoms with Crippen LogP contribution in [0.3, 0.4) is 0 Å². The number of methoxy groups -OCH3 is 1. The van der Waals surface area contributed by atoms with Crippen molar-refractivity contribution >= 4 is 38.8 Å². The van der Waals surface area contributed by atoms with E-state index < -0.39 is 0 Å². The van der Waals surface area contributed by atoms with Crippen LogP contribution in [0.4, 0.5) is 5.69 Å². The maximum atomic E-state index is 6.22. The molecule has 1 radical (unpaired) electrons. The van der Waals surface area contributed by atoms with Crippen LogP contribution in [0.5, 0.6) is 5.75 Å². The van der Waals surface area contributed by atoms with Gasteiger partial charge in [-0.05, 0) is 24.3 Å². The molecule has 6 heteroatoms. The van der Waals surface area contributed by atoms with Crippen LogP contribution in [0, 0.1) is 6.42 Å². The van der Waals surface area contributed by atoms with Gasteiger partial charge in [-0.1, -0.05) is 29.8 Å². The van der Waals surface area contributed by atoms with Gasteiger partial charge in [0.2, 0.25) is 0 Å². The van der Waals surface area contributed by atoms with Gasteiger partial charge in [0.15, 0.2) is 0 Å². The number of fused-ring (bicyclic) bond motifs is 1. The quantitative estimate of drug-likeness (QED) is 0.652. The topological polar surface area (TPSA) is 28.6 Å². The first-order valence-corrected chi connectivity index (χ1v) is 9.92. The second kappa shape index (κ2) is 7.82. The Balaban J connectivity index is 1.34. The summed E-state index contributed by atoms with van der Waals surface area (Å²) in [5.41, 5.74) is 2.09. The molecule has 1 fully saturated rings. The lowest BCUT2D eigenvalue weighted by Crippen LogP contribution is -2.46. The lowest BCUT2D eigenvalue weighted by atomic mass is 10.2. The van der Waals surface area contributed by atoms with Crippen LogP contribution >= 0.6 is 22.9 Å². The van der Waals surface area contributed by atoms with Crippen LogP contribution in [0.25, 0.3) is 10.2 Å². The average molecular weight is 387 g/mol. The number of halogens is 1. The molecule has 26 heavy (non-hydrogen) atoms. The first-order chi connectivity index (χ1) is 12.7. The van der Waals surface area contributed by atoms with Crippen molar-refractivity contribution in [3.05, 3.63) is 58.9 Å². The Kier molecular flexibility index (Phi) is 5.29. The molecular weight excluding hydrogens is 366 g/mol. The summed E-state index contributed by atoms with van der Waals surface area (Å²) in [6.45, 7) is 4.97. The number of ether oxygens (including phenoxy) is 1. The van der Waals surface area contributed by atoms with Crippen molar-refractivity contribution in [3.63, 3.8) is 0 Å². The molecule has 0 saturated carbocycles. The fourth-order valence-corrected chi connectivity index (χ4v) is 4.48. The summed E-state index contributed by atoms with van der Waals surface area (Å²) < 4.78 is 6.63. The number of piperazine rings is 1. The standard InChI is InChI=1S/C20H21ClN3OS/c1-25-17-7-3-2-6-16(17)24-13-11-23(12-14-24)10-9-19-22-20-15(21)5-4-8-18(20)26-19/h2-9H,10-14H2,1H3. The fraction of sp³-hybridized carbons (Fsp3) is 0.300. The fourth-order valence-electron chi connectivity index (χ4n) is 3.29. The number of hydrogen-bond acceptors (Lipinski definition) is 5. The molecule has 3 aromatic rings. The highest BCUT2D eigenvalue weighted by Gasteiger charge is 2.19. The predicted octanol–water partition coefficient (Wildman–Crippen LogP) is 4.33. The summed E-state index contributed by atoms with van der Waals surface area (Å²) >= 11 is 7.92. The molecule has 1 saturated heterocycles. The Labute approximate surface area is 163 Å². The van der Waals surface area contributed by atoms with Crippen molar-refractivity contribution < 1.29 is 4.74 Å². The molecule has 4 nitrogen and oxygen atoms in total. The van der Waals surface area contributed by atoms with Crippen LogP contribution in [0.1, 0.15) is 5.01 Å². The molecule has 0 bridgehead atoms. The molecule has 2 heterocycles. The number of thiazole rings is 1. The Bertz CT molecular complexity index is 890. The summed E-state index contributed by atoms with van der Waals surface area (Å²) in [4.78, 5) is 9.51. The van der Waals surface area contributed by atoms with Crippen molar-refractivity contribution in [2.45, 2.75) is 0 Å². The van der Waals surface area contributed by atoms with E-state index in [1.54, 1.807) is 18.4 Å². The Hall–Kier alpha value is -1.82. The summed E-state index contributed by atoms with van der Waals surface area (Å²) in [5.74, 6) is 0.943. The third-order valence-electron chi connectivity index (χ3n) is 4.71. The number of hydrogen-bond donors (Lipinski definition) is 0. The van der Waals surface area contributed by atoms with Gasteiger partial charge in [0.25, 0.3) is 0 Å². The molecular formula is C20H21ClN3OS. The first kappa shape index (κ1) is 17.6. The van der Waals surface area contributed by atoms with Gasteiger partial charge < -0.3 is 9.64 Å². The normalized spacial score (nSPS) is 15.5. The molecule has 0 spiro atoms. The van der Waals surface area contributed by atoms with Crippen molar-refractivity contribution in [3.8, 4) is 5.75 Å². The Morgan fingerprint density at radius 2 is 1.92 bits per heavy atom. The summed E-state index contributed by atoms with van der Waals surface area (Å²) in [6.07, 6.45) is 2.21. The third-order valence-corrected chi connectivity index (χ3v) is 6.03.